The Morgan fingerprint density at radius 3 is 2.83 bits per heavy atom. The monoisotopic (exact) mass is 288 g/mol. The molecule has 0 aliphatic rings. The summed E-state index contributed by atoms with van der Waals surface area (Å²) in [6.07, 6.45) is 3.60. The van der Waals surface area contributed by atoms with Crippen molar-refractivity contribution in [3.63, 3.8) is 0 Å². The van der Waals surface area contributed by atoms with Crippen LogP contribution in [0.25, 0.3) is 0 Å². The van der Waals surface area contributed by atoms with Crippen molar-refractivity contribution in [1.82, 2.24) is 14.0 Å². The van der Waals surface area contributed by atoms with E-state index in [1.807, 2.05) is 6.07 Å². The molecular weight excluding hydrogens is 272 g/mol. The minimum Gasteiger partial charge on any atom is -0.393 e. The average molecular weight is 288 g/mol. The van der Waals surface area contributed by atoms with Crippen molar-refractivity contribution in [1.29, 1.82) is 0 Å². The molecule has 18 heavy (non-hydrogen) atoms. The SMILES string of the molecule is CNS(=O)(=O)N(CCC(N)=S)Cc1cccnc1. The molecule has 0 aliphatic heterocycles. The first kappa shape index (κ1) is 15.0. The third kappa shape index (κ3) is 4.65. The first-order valence-corrected chi connectivity index (χ1v) is 7.16. The number of nitrogens with one attached hydrogen (secondary N) is 1. The van der Waals surface area contributed by atoms with Gasteiger partial charge in [-0.1, -0.05) is 18.3 Å². The van der Waals surface area contributed by atoms with Crippen molar-refractivity contribution in [3.8, 4) is 0 Å². The quantitative estimate of drug-likeness (QED) is 0.691. The van der Waals surface area contributed by atoms with Crippen LogP contribution in [0.1, 0.15) is 12.0 Å². The minimum absolute atomic E-state index is 0.236. The number of pyridine rings is 1. The number of aromatic nitrogens is 1. The van der Waals surface area contributed by atoms with Crippen LogP contribution in [0.15, 0.2) is 24.5 Å². The highest BCUT2D eigenvalue weighted by molar-refractivity contribution is 7.87. The zero-order valence-corrected chi connectivity index (χ0v) is 11.7. The van der Waals surface area contributed by atoms with Gasteiger partial charge >= 0.3 is 0 Å². The van der Waals surface area contributed by atoms with Gasteiger partial charge in [-0.2, -0.15) is 12.7 Å². The summed E-state index contributed by atoms with van der Waals surface area (Å²) in [4.78, 5) is 4.24. The summed E-state index contributed by atoms with van der Waals surface area (Å²) in [7, 11) is -2.15. The predicted octanol–water partition coefficient (Wildman–Crippen LogP) is 0.0240. The Morgan fingerprint density at radius 1 is 1.61 bits per heavy atom. The van der Waals surface area contributed by atoms with E-state index in [-0.39, 0.29) is 18.1 Å². The molecule has 1 rings (SSSR count). The third-order valence-electron chi connectivity index (χ3n) is 2.29. The van der Waals surface area contributed by atoms with Gasteiger partial charge in [0.1, 0.15) is 0 Å². The molecule has 0 spiro atoms. The Balaban J connectivity index is 2.81. The largest absolute Gasteiger partial charge is 0.393 e. The molecule has 0 aromatic carbocycles. The lowest BCUT2D eigenvalue weighted by molar-refractivity contribution is 0.409. The molecule has 0 bridgehead atoms. The van der Waals surface area contributed by atoms with Crippen molar-refractivity contribution < 1.29 is 8.42 Å². The zero-order chi connectivity index (χ0) is 13.6. The molecule has 1 aromatic heterocycles. The van der Waals surface area contributed by atoms with Gasteiger partial charge in [-0.3, -0.25) is 4.98 Å². The second kappa shape index (κ2) is 6.74. The van der Waals surface area contributed by atoms with E-state index in [1.165, 1.54) is 11.4 Å². The van der Waals surface area contributed by atoms with Gasteiger partial charge in [0.25, 0.3) is 10.2 Å². The summed E-state index contributed by atoms with van der Waals surface area (Å²) < 4.78 is 27.2. The number of thiocarbonyl (C=S) groups is 1. The second-order valence-corrected chi connectivity index (χ2v) is 6.02. The Hall–Kier alpha value is -1.09. The molecule has 0 saturated heterocycles. The topological polar surface area (TPSA) is 88.3 Å². The van der Waals surface area contributed by atoms with Crippen LogP contribution >= 0.6 is 12.2 Å². The molecule has 0 amide bonds. The summed E-state index contributed by atoms with van der Waals surface area (Å²) in [5.74, 6) is 0. The molecule has 0 saturated carbocycles. The van der Waals surface area contributed by atoms with Crippen molar-refractivity contribution in [2.24, 2.45) is 5.73 Å². The van der Waals surface area contributed by atoms with Crippen molar-refractivity contribution >= 4 is 27.4 Å². The maximum atomic E-state index is 11.8. The highest BCUT2D eigenvalue weighted by Crippen LogP contribution is 2.07. The van der Waals surface area contributed by atoms with Crippen LogP contribution in [0.5, 0.6) is 0 Å². The van der Waals surface area contributed by atoms with Gasteiger partial charge in [0.15, 0.2) is 0 Å². The van der Waals surface area contributed by atoms with Crippen LogP contribution in [-0.4, -0.2) is 36.3 Å². The lowest BCUT2D eigenvalue weighted by atomic mass is 10.3. The van der Waals surface area contributed by atoms with Gasteiger partial charge in [0.2, 0.25) is 0 Å². The average Bonchev–Trinajstić information content (AvgIpc) is 2.35. The molecular formula is C10H16N4O2S2. The van der Waals surface area contributed by atoms with Gasteiger partial charge in [0, 0.05) is 39.0 Å². The van der Waals surface area contributed by atoms with Gasteiger partial charge in [-0.05, 0) is 11.6 Å². The van der Waals surface area contributed by atoms with E-state index in [4.69, 9.17) is 18.0 Å². The van der Waals surface area contributed by atoms with Gasteiger partial charge in [-0.15, -0.1) is 0 Å². The standard InChI is InChI=1S/C10H16N4O2S2/c1-12-18(15,16)14(6-4-10(11)17)8-9-3-2-5-13-7-9/h2-3,5,7,12H,4,6,8H2,1H3,(H2,11,17). The first-order valence-electron chi connectivity index (χ1n) is 5.31. The molecule has 1 aromatic rings. The summed E-state index contributed by atoms with van der Waals surface area (Å²) in [6.45, 7) is 0.479. The Labute approximate surface area is 112 Å². The van der Waals surface area contributed by atoms with Crippen molar-refractivity contribution in [2.75, 3.05) is 13.6 Å². The van der Waals surface area contributed by atoms with E-state index in [1.54, 1.807) is 18.5 Å². The molecule has 0 atom stereocenters. The third-order valence-corrected chi connectivity index (χ3v) is 4.00. The Bertz CT molecular complexity index is 490. The van der Waals surface area contributed by atoms with Gasteiger partial charge in [0.05, 0.1) is 4.99 Å². The minimum atomic E-state index is -3.51. The van der Waals surface area contributed by atoms with E-state index in [2.05, 4.69) is 9.71 Å². The Kier molecular flexibility index (Phi) is 5.60. The van der Waals surface area contributed by atoms with Crippen LogP contribution < -0.4 is 10.5 Å². The first-order chi connectivity index (χ1) is 8.45. The smallest absolute Gasteiger partial charge is 0.279 e. The molecule has 0 unspecified atom stereocenters. The molecule has 6 nitrogen and oxygen atoms in total. The number of nitrogens with zero attached hydrogens (tertiary/aromatic N) is 2. The maximum absolute atomic E-state index is 11.8. The highest BCUT2D eigenvalue weighted by Gasteiger charge is 2.20. The van der Waals surface area contributed by atoms with E-state index >= 15 is 0 Å². The van der Waals surface area contributed by atoms with Crippen molar-refractivity contribution in [3.05, 3.63) is 30.1 Å². The molecule has 100 valence electrons. The summed E-state index contributed by atoms with van der Waals surface area (Å²) in [5.41, 5.74) is 6.20. The van der Waals surface area contributed by atoms with Crippen molar-refractivity contribution in [2.45, 2.75) is 13.0 Å². The van der Waals surface area contributed by atoms with E-state index in [0.717, 1.165) is 5.56 Å². The molecule has 1 heterocycles. The molecule has 8 heteroatoms. The van der Waals surface area contributed by atoms with Gasteiger partial charge in [-0.25, -0.2) is 4.72 Å². The number of rotatable bonds is 7. The van der Waals surface area contributed by atoms with Crippen LogP contribution in [-0.2, 0) is 16.8 Å². The molecule has 0 aliphatic carbocycles. The predicted molar refractivity (Wildman–Crippen MR) is 74.0 cm³/mol. The number of hydrogen-bond donors (Lipinski definition) is 2. The fraction of sp³-hybridized carbons (Fsp3) is 0.400. The van der Waals surface area contributed by atoms with Crippen LogP contribution in [0.4, 0.5) is 0 Å². The Morgan fingerprint density at radius 2 is 2.33 bits per heavy atom. The lowest BCUT2D eigenvalue weighted by Gasteiger charge is -2.21. The normalized spacial score (nSPS) is 11.7. The van der Waals surface area contributed by atoms with Crippen LogP contribution in [0, 0.1) is 0 Å². The highest BCUT2D eigenvalue weighted by atomic mass is 32.2. The molecule has 3 N–H and O–H groups in total. The fourth-order valence-corrected chi connectivity index (χ4v) is 2.34. The second-order valence-electron chi connectivity index (χ2n) is 3.62. The number of nitrogens with two attached hydrogens (primary N) is 1. The van der Waals surface area contributed by atoms with Gasteiger partial charge < -0.3 is 5.73 Å². The summed E-state index contributed by atoms with van der Waals surface area (Å²) in [6, 6.07) is 3.57. The fourth-order valence-electron chi connectivity index (χ4n) is 1.34. The van der Waals surface area contributed by atoms with E-state index < -0.39 is 10.2 Å². The van der Waals surface area contributed by atoms with Crippen LogP contribution in [0.3, 0.4) is 0 Å². The summed E-state index contributed by atoms with van der Waals surface area (Å²) >= 11 is 4.76. The molecule has 0 fully saturated rings. The van der Waals surface area contributed by atoms with E-state index in [9.17, 15) is 8.42 Å². The van der Waals surface area contributed by atoms with E-state index in [0.29, 0.717) is 6.42 Å². The lowest BCUT2D eigenvalue weighted by Crippen LogP contribution is -2.40. The zero-order valence-electron chi connectivity index (χ0n) is 10.0. The van der Waals surface area contributed by atoms with Crippen LogP contribution in [0.2, 0.25) is 0 Å². The number of hydrogen-bond acceptors (Lipinski definition) is 4. The molecule has 0 radical (unpaired) electrons. The summed E-state index contributed by atoms with van der Waals surface area (Å²) in [5, 5.41) is 0. The maximum Gasteiger partial charge on any atom is 0.279 e.